The van der Waals surface area contributed by atoms with Crippen molar-refractivity contribution in [1.82, 2.24) is 0 Å². The van der Waals surface area contributed by atoms with E-state index in [1.54, 1.807) is 0 Å². The molecule has 0 amide bonds. The lowest BCUT2D eigenvalue weighted by Crippen LogP contribution is -2.39. The summed E-state index contributed by atoms with van der Waals surface area (Å²) in [5.74, 6) is -0.273. The molecular formula is C19H31BrO3. The Morgan fingerprint density at radius 2 is 1.78 bits per heavy atom. The summed E-state index contributed by atoms with van der Waals surface area (Å²) < 4.78 is 10.8. The van der Waals surface area contributed by atoms with Gasteiger partial charge in [0.05, 0.1) is 20.3 Å². The Bertz CT molecular complexity index is 485. The van der Waals surface area contributed by atoms with Gasteiger partial charge in [0.25, 0.3) is 0 Å². The average Bonchev–Trinajstić information content (AvgIpc) is 2.55. The van der Waals surface area contributed by atoms with Gasteiger partial charge in [-0.2, -0.15) is 0 Å². The Hall–Kier alpha value is -0.870. The second-order valence-corrected chi connectivity index (χ2v) is 7.04. The maximum atomic E-state index is 12.3. The molecule has 0 aliphatic carbocycles. The molecule has 0 aliphatic rings. The van der Waals surface area contributed by atoms with Gasteiger partial charge in [-0.05, 0) is 24.8 Å². The van der Waals surface area contributed by atoms with E-state index in [4.69, 9.17) is 9.47 Å². The monoisotopic (exact) mass is 386 g/mol. The summed E-state index contributed by atoms with van der Waals surface area (Å²) in [6.07, 6.45) is 0. The average molecular weight is 387 g/mol. The number of carbonyl (C=O) groups excluding carboxylic acids is 1. The van der Waals surface area contributed by atoms with Crippen LogP contribution in [-0.2, 0) is 19.7 Å². The van der Waals surface area contributed by atoms with Gasteiger partial charge in [0, 0.05) is 5.33 Å². The van der Waals surface area contributed by atoms with E-state index >= 15 is 0 Å². The van der Waals surface area contributed by atoms with Gasteiger partial charge in [0.2, 0.25) is 0 Å². The number of methoxy groups -OCH3 is 1. The molecule has 0 fully saturated rings. The van der Waals surface area contributed by atoms with Gasteiger partial charge in [-0.1, -0.05) is 73.5 Å². The standard InChI is InChI=1S/C17H25BrO3.C2H6/c1-13-7-6-8-14(9-13)17(4,15(19)20-5)12-21-11-16(2,3)10-18;1-2/h6-9H,10-12H2,1-5H3;1-2H3. The van der Waals surface area contributed by atoms with Crippen LogP contribution in [0.1, 0.15) is 45.7 Å². The first-order valence-electron chi connectivity index (χ1n) is 8.04. The van der Waals surface area contributed by atoms with Crippen molar-refractivity contribution >= 4 is 21.9 Å². The van der Waals surface area contributed by atoms with E-state index in [1.165, 1.54) is 7.11 Å². The molecule has 1 aromatic carbocycles. The Kier molecular flexibility index (Phi) is 9.71. The number of rotatable bonds is 7. The summed E-state index contributed by atoms with van der Waals surface area (Å²) >= 11 is 3.48. The quantitative estimate of drug-likeness (QED) is 0.494. The van der Waals surface area contributed by atoms with Crippen LogP contribution in [0.15, 0.2) is 24.3 Å². The van der Waals surface area contributed by atoms with E-state index < -0.39 is 5.41 Å². The minimum atomic E-state index is -0.789. The molecule has 1 unspecified atom stereocenters. The predicted octanol–water partition coefficient (Wildman–Crippen LogP) is 4.89. The van der Waals surface area contributed by atoms with Crippen LogP contribution in [-0.4, -0.2) is 31.6 Å². The summed E-state index contributed by atoms with van der Waals surface area (Å²) in [5.41, 5.74) is 1.28. The molecule has 1 atom stereocenters. The van der Waals surface area contributed by atoms with Crippen molar-refractivity contribution in [3.05, 3.63) is 35.4 Å². The van der Waals surface area contributed by atoms with Crippen molar-refractivity contribution in [2.75, 3.05) is 25.7 Å². The third kappa shape index (κ3) is 6.64. The van der Waals surface area contributed by atoms with Crippen LogP contribution >= 0.6 is 15.9 Å². The van der Waals surface area contributed by atoms with Gasteiger partial charge in [0.15, 0.2) is 0 Å². The summed E-state index contributed by atoms with van der Waals surface area (Å²) in [5, 5.41) is 0.847. The fourth-order valence-electron chi connectivity index (χ4n) is 2.04. The number of hydrogen-bond donors (Lipinski definition) is 0. The van der Waals surface area contributed by atoms with Crippen molar-refractivity contribution < 1.29 is 14.3 Å². The number of aryl methyl sites for hydroxylation is 1. The molecule has 0 bridgehead atoms. The number of esters is 1. The molecule has 132 valence electrons. The lowest BCUT2D eigenvalue weighted by molar-refractivity contribution is -0.150. The smallest absolute Gasteiger partial charge is 0.318 e. The van der Waals surface area contributed by atoms with Gasteiger partial charge in [-0.15, -0.1) is 0 Å². The van der Waals surface area contributed by atoms with Crippen LogP contribution in [0.3, 0.4) is 0 Å². The lowest BCUT2D eigenvalue weighted by atomic mass is 9.82. The minimum absolute atomic E-state index is 0.0314. The first-order valence-corrected chi connectivity index (χ1v) is 9.16. The number of halogens is 1. The summed E-state index contributed by atoms with van der Waals surface area (Å²) in [6.45, 7) is 13.0. The third-order valence-electron chi connectivity index (χ3n) is 3.54. The lowest BCUT2D eigenvalue weighted by Gasteiger charge is -2.29. The SMILES string of the molecule is CC.COC(=O)C(C)(COCC(C)(C)CBr)c1cccc(C)c1. The number of ether oxygens (including phenoxy) is 2. The fourth-order valence-corrected chi connectivity index (χ4v) is 2.21. The molecule has 0 heterocycles. The molecule has 0 N–H and O–H groups in total. The van der Waals surface area contributed by atoms with Crippen molar-refractivity contribution in [1.29, 1.82) is 0 Å². The largest absolute Gasteiger partial charge is 0.468 e. The van der Waals surface area contributed by atoms with Crippen LogP contribution in [0.4, 0.5) is 0 Å². The van der Waals surface area contributed by atoms with Crippen molar-refractivity contribution in [2.45, 2.75) is 47.0 Å². The zero-order valence-electron chi connectivity index (χ0n) is 15.5. The van der Waals surface area contributed by atoms with E-state index in [0.29, 0.717) is 13.2 Å². The Labute approximate surface area is 149 Å². The van der Waals surface area contributed by atoms with Crippen molar-refractivity contribution in [2.24, 2.45) is 5.41 Å². The highest BCUT2D eigenvalue weighted by Crippen LogP contribution is 2.28. The van der Waals surface area contributed by atoms with E-state index in [9.17, 15) is 4.79 Å². The molecule has 0 aliphatic heterocycles. The second kappa shape index (κ2) is 10.1. The molecule has 0 saturated carbocycles. The highest BCUT2D eigenvalue weighted by atomic mass is 79.9. The highest BCUT2D eigenvalue weighted by Gasteiger charge is 2.37. The second-order valence-electron chi connectivity index (χ2n) is 6.48. The molecule has 0 radical (unpaired) electrons. The first-order chi connectivity index (χ1) is 10.7. The first kappa shape index (κ1) is 22.1. The molecule has 0 spiro atoms. The maximum Gasteiger partial charge on any atom is 0.318 e. The number of carbonyl (C=O) groups is 1. The highest BCUT2D eigenvalue weighted by molar-refractivity contribution is 9.09. The third-order valence-corrected chi connectivity index (χ3v) is 5.05. The Balaban J connectivity index is 0.00000232. The van der Waals surface area contributed by atoms with Crippen LogP contribution in [0.2, 0.25) is 0 Å². The molecular weight excluding hydrogens is 356 g/mol. The van der Waals surface area contributed by atoms with Crippen LogP contribution < -0.4 is 0 Å². The Morgan fingerprint density at radius 1 is 1.17 bits per heavy atom. The molecule has 0 saturated heterocycles. The summed E-state index contributed by atoms with van der Waals surface area (Å²) in [6, 6.07) is 7.92. The van der Waals surface area contributed by atoms with Crippen molar-refractivity contribution in [3.63, 3.8) is 0 Å². The van der Waals surface area contributed by atoms with Gasteiger partial charge in [0.1, 0.15) is 5.41 Å². The number of benzene rings is 1. The van der Waals surface area contributed by atoms with Gasteiger partial charge >= 0.3 is 5.97 Å². The molecule has 1 aromatic rings. The van der Waals surface area contributed by atoms with E-state index in [0.717, 1.165) is 16.5 Å². The van der Waals surface area contributed by atoms with Gasteiger partial charge in [-0.3, -0.25) is 4.79 Å². The van der Waals surface area contributed by atoms with E-state index in [2.05, 4.69) is 29.8 Å². The van der Waals surface area contributed by atoms with Crippen LogP contribution in [0, 0.1) is 12.3 Å². The topological polar surface area (TPSA) is 35.5 Å². The minimum Gasteiger partial charge on any atom is -0.468 e. The molecule has 3 nitrogen and oxygen atoms in total. The zero-order chi connectivity index (χ0) is 18.1. The number of hydrogen-bond acceptors (Lipinski definition) is 3. The Morgan fingerprint density at radius 3 is 2.26 bits per heavy atom. The van der Waals surface area contributed by atoms with E-state index in [1.807, 2.05) is 52.0 Å². The van der Waals surface area contributed by atoms with Crippen LogP contribution in [0.25, 0.3) is 0 Å². The van der Waals surface area contributed by atoms with Gasteiger partial charge in [-0.25, -0.2) is 0 Å². The fraction of sp³-hybridized carbons (Fsp3) is 0.632. The molecule has 23 heavy (non-hydrogen) atoms. The zero-order valence-corrected chi connectivity index (χ0v) is 17.1. The normalized spacial score (nSPS) is 13.6. The molecule has 1 rings (SSSR count). The maximum absolute atomic E-state index is 12.3. The predicted molar refractivity (Wildman–Crippen MR) is 100 cm³/mol. The van der Waals surface area contributed by atoms with Crippen LogP contribution in [0.5, 0.6) is 0 Å². The summed E-state index contributed by atoms with van der Waals surface area (Å²) in [4.78, 5) is 12.3. The molecule has 4 heteroatoms. The van der Waals surface area contributed by atoms with Gasteiger partial charge < -0.3 is 9.47 Å². The number of alkyl halides is 1. The summed E-state index contributed by atoms with van der Waals surface area (Å²) in [7, 11) is 1.42. The van der Waals surface area contributed by atoms with Crippen molar-refractivity contribution in [3.8, 4) is 0 Å². The van der Waals surface area contributed by atoms with E-state index in [-0.39, 0.29) is 11.4 Å². The molecule has 0 aromatic heterocycles.